The maximum absolute atomic E-state index is 12.5. The van der Waals surface area contributed by atoms with Gasteiger partial charge in [-0.3, -0.25) is 4.72 Å². The molecule has 1 N–H and O–H groups in total. The Morgan fingerprint density at radius 3 is 2.32 bits per heavy atom. The van der Waals surface area contributed by atoms with Gasteiger partial charge < -0.3 is 4.74 Å². The molecule has 1 aromatic heterocycles. The van der Waals surface area contributed by atoms with E-state index < -0.39 is 10.0 Å². The van der Waals surface area contributed by atoms with Crippen LogP contribution >= 0.6 is 0 Å². The molecular weight excluding hydrogens is 336 g/mol. The number of methoxy groups -OCH3 is 1. The third-order valence-corrected chi connectivity index (χ3v) is 5.14. The summed E-state index contributed by atoms with van der Waals surface area (Å²) in [5.41, 5.74) is 2.69. The van der Waals surface area contributed by atoms with Gasteiger partial charge in [-0.25, -0.2) is 13.4 Å². The van der Waals surface area contributed by atoms with E-state index in [9.17, 15) is 8.42 Å². The van der Waals surface area contributed by atoms with Crippen LogP contribution in [0.4, 0.5) is 5.82 Å². The Morgan fingerprint density at radius 1 is 0.960 bits per heavy atom. The number of ether oxygens (including phenoxy) is 1. The maximum Gasteiger partial charge on any atom is 0.263 e. The van der Waals surface area contributed by atoms with Crippen molar-refractivity contribution >= 4 is 15.8 Å². The van der Waals surface area contributed by atoms with Crippen LogP contribution in [0.15, 0.2) is 71.8 Å². The molecule has 0 aliphatic heterocycles. The molecule has 3 aromatic rings. The van der Waals surface area contributed by atoms with E-state index in [1.807, 2.05) is 36.4 Å². The number of anilines is 1. The first-order valence-electron chi connectivity index (χ1n) is 7.68. The molecule has 0 bridgehead atoms. The van der Waals surface area contributed by atoms with E-state index in [0.29, 0.717) is 5.75 Å². The number of aryl methyl sites for hydroxylation is 1. The Morgan fingerprint density at radius 2 is 1.72 bits per heavy atom. The molecule has 0 saturated heterocycles. The molecule has 1 heterocycles. The van der Waals surface area contributed by atoms with Gasteiger partial charge >= 0.3 is 0 Å². The predicted octanol–water partition coefficient (Wildman–Crippen LogP) is 3.87. The molecular formula is C19H18N2O3S. The molecule has 0 fully saturated rings. The molecule has 3 rings (SSSR count). The van der Waals surface area contributed by atoms with E-state index in [0.717, 1.165) is 16.7 Å². The second kappa shape index (κ2) is 6.94. The van der Waals surface area contributed by atoms with Crippen LogP contribution in [0.25, 0.3) is 11.1 Å². The van der Waals surface area contributed by atoms with Crippen molar-refractivity contribution in [3.63, 3.8) is 0 Å². The number of pyridine rings is 1. The monoisotopic (exact) mass is 354 g/mol. The van der Waals surface area contributed by atoms with Crippen LogP contribution in [0, 0.1) is 6.92 Å². The average Bonchev–Trinajstić information content (AvgIpc) is 2.62. The molecule has 6 heteroatoms. The highest BCUT2D eigenvalue weighted by Crippen LogP contribution is 2.24. The minimum Gasteiger partial charge on any atom is -0.496 e. The van der Waals surface area contributed by atoms with Gasteiger partial charge in [-0.1, -0.05) is 30.3 Å². The average molecular weight is 354 g/mol. The van der Waals surface area contributed by atoms with Gasteiger partial charge in [-0.15, -0.1) is 0 Å². The Hall–Kier alpha value is -2.86. The number of hydrogen-bond donors (Lipinski definition) is 1. The summed E-state index contributed by atoms with van der Waals surface area (Å²) in [6.45, 7) is 1.80. The first-order chi connectivity index (χ1) is 12.0. The van der Waals surface area contributed by atoms with E-state index >= 15 is 0 Å². The van der Waals surface area contributed by atoms with Gasteiger partial charge in [0, 0.05) is 11.8 Å². The highest BCUT2D eigenvalue weighted by atomic mass is 32.2. The Kier molecular flexibility index (Phi) is 4.72. The number of rotatable bonds is 5. The number of benzene rings is 2. The number of nitrogens with one attached hydrogen (secondary N) is 1. The fraction of sp³-hybridized carbons (Fsp3) is 0.105. The topological polar surface area (TPSA) is 68.3 Å². The molecule has 128 valence electrons. The molecule has 0 amide bonds. The fourth-order valence-electron chi connectivity index (χ4n) is 2.47. The summed E-state index contributed by atoms with van der Waals surface area (Å²) in [6.07, 6.45) is 1.65. The molecule has 5 nitrogen and oxygen atoms in total. The minimum atomic E-state index is -3.71. The van der Waals surface area contributed by atoms with Crippen molar-refractivity contribution in [2.45, 2.75) is 11.8 Å². The summed E-state index contributed by atoms with van der Waals surface area (Å²) in [6, 6.07) is 18.0. The lowest BCUT2D eigenvalue weighted by molar-refractivity contribution is 0.411. The van der Waals surface area contributed by atoms with E-state index in [1.165, 1.54) is 6.07 Å². The van der Waals surface area contributed by atoms with E-state index in [4.69, 9.17) is 4.74 Å². The Balaban J connectivity index is 1.82. The van der Waals surface area contributed by atoms with Crippen molar-refractivity contribution in [2.75, 3.05) is 11.8 Å². The number of nitrogens with zero attached hydrogens (tertiary/aromatic N) is 1. The largest absolute Gasteiger partial charge is 0.496 e. The summed E-state index contributed by atoms with van der Waals surface area (Å²) in [5, 5.41) is 0. The van der Waals surface area contributed by atoms with Crippen LogP contribution in [-0.4, -0.2) is 20.5 Å². The third kappa shape index (κ3) is 3.80. The highest BCUT2D eigenvalue weighted by Gasteiger charge is 2.16. The SMILES string of the molecule is COc1ccc(S(=O)(=O)Nc2ccc(-c3ccccc3)cn2)cc1C. The maximum atomic E-state index is 12.5. The lowest BCUT2D eigenvalue weighted by Crippen LogP contribution is -2.14. The molecule has 0 spiro atoms. The lowest BCUT2D eigenvalue weighted by atomic mass is 10.1. The molecule has 0 aliphatic carbocycles. The number of hydrogen-bond acceptors (Lipinski definition) is 4. The van der Waals surface area contributed by atoms with Crippen LogP contribution < -0.4 is 9.46 Å². The summed E-state index contributed by atoms with van der Waals surface area (Å²) in [4.78, 5) is 4.37. The first kappa shape index (κ1) is 17.0. The summed E-state index contributed by atoms with van der Waals surface area (Å²) in [5.74, 6) is 0.914. The normalized spacial score (nSPS) is 11.1. The summed E-state index contributed by atoms with van der Waals surface area (Å²) >= 11 is 0. The highest BCUT2D eigenvalue weighted by molar-refractivity contribution is 7.92. The molecule has 2 aromatic carbocycles. The number of aromatic nitrogens is 1. The molecule has 0 atom stereocenters. The molecule has 0 radical (unpaired) electrons. The molecule has 0 aliphatic rings. The zero-order valence-corrected chi connectivity index (χ0v) is 14.7. The van der Waals surface area contributed by atoms with Crippen LogP contribution in [0.3, 0.4) is 0 Å². The van der Waals surface area contributed by atoms with Crippen LogP contribution in [0.2, 0.25) is 0 Å². The van der Waals surface area contributed by atoms with Gasteiger partial charge in [0.2, 0.25) is 0 Å². The molecule has 0 saturated carbocycles. The standard InChI is InChI=1S/C19H18N2O3S/c1-14-12-17(9-10-18(14)24-2)25(22,23)21-19-11-8-16(13-20-19)15-6-4-3-5-7-15/h3-13H,1-2H3,(H,20,21). The van der Waals surface area contributed by atoms with Crippen molar-refractivity contribution in [1.29, 1.82) is 0 Å². The van der Waals surface area contributed by atoms with Gasteiger partial charge in [0.1, 0.15) is 11.6 Å². The summed E-state index contributed by atoms with van der Waals surface area (Å²) < 4.78 is 32.7. The third-order valence-electron chi connectivity index (χ3n) is 3.79. The zero-order valence-electron chi connectivity index (χ0n) is 13.9. The van der Waals surface area contributed by atoms with Gasteiger partial charge in [0.05, 0.1) is 12.0 Å². The van der Waals surface area contributed by atoms with Gasteiger partial charge in [0.25, 0.3) is 10.0 Å². The minimum absolute atomic E-state index is 0.166. The van der Waals surface area contributed by atoms with Crippen LogP contribution in [0.5, 0.6) is 5.75 Å². The van der Waals surface area contributed by atoms with Crippen molar-refractivity contribution in [3.8, 4) is 16.9 Å². The second-order valence-electron chi connectivity index (χ2n) is 5.54. The van der Waals surface area contributed by atoms with Crippen LogP contribution in [0.1, 0.15) is 5.56 Å². The first-order valence-corrected chi connectivity index (χ1v) is 9.17. The Labute approximate surface area is 147 Å². The van der Waals surface area contributed by atoms with Gasteiger partial charge in [-0.05, 0) is 48.4 Å². The van der Waals surface area contributed by atoms with Crippen LogP contribution in [-0.2, 0) is 10.0 Å². The molecule has 0 unspecified atom stereocenters. The quantitative estimate of drug-likeness (QED) is 0.755. The zero-order chi connectivity index (χ0) is 17.9. The van der Waals surface area contributed by atoms with Crippen molar-refractivity contribution < 1.29 is 13.2 Å². The number of sulfonamides is 1. The summed E-state index contributed by atoms with van der Waals surface area (Å²) in [7, 11) is -2.16. The van der Waals surface area contributed by atoms with Gasteiger partial charge in [-0.2, -0.15) is 0 Å². The smallest absolute Gasteiger partial charge is 0.263 e. The van der Waals surface area contributed by atoms with E-state index in [-0.39, 0.29) is 10.7 Å². The second-order valence-corrected chi connectivity index (χ2v) is 7.22. The van der Waals surface area contributed by atoms with Crippen molar-refractivity contribution in [3.05, 3.63) is 72.4 Å². The van der Waals surface area contributed by atoms with Crippen molar-refractivity contribution in [2.24, 2.45) is 0 Å². The van der Waals surface area contributed by atoms with E-state index in [2.05, 4.69) is 9.71 Å². The lowest BCUT2D eigenvalue weighted by Gasteiger charge is -2.10. The van der Waals surface area contributed by atoms with Crippen molar-refractivity contribution in [1.82, 2.24) is 4.98 Å². The van der Waals surface area contributed by atoms with E-state index in [1.54, 1.807) is 38.4 Å². The fourth-order valence-corrected chi connectivity index (χ4v) is 3.56. The Bertz CT molecular complexity index is 969. The molecule has 25 heavy (non-hydrogen) atoms. The predicted molar refractivity (Wildman–Crippen MR) is 98.2 cm³/mol. The van der Waals surface area contributed by atoms with Gasteiger partial charge in [0.15, 0.2) is 0 Å².